The maximum atomic E-state index is 11.4. The molecule has 1 rings (SSSR count). The molecule has 0 fully saturated rings. The van der Waals surface area contributed by atoms with E-state index in [1.807, 2.05) is 6.92 Å². The summed E-state index contributed by atoms with van der Waals surface area (Å²) in [5.74, 6) is 0.279. The van der Waals surface area contributed by atoms with Crippen LogP contribution in [0.1, 0.15) is 13.3 Å². The first-order chi connectivity index (χ1) is 7.05. The molecule has 0 bridgehead atoms. The summed E-state index contributed by atoms with van der Waals surface area (Å²) in [6.45, 7) is 2.29. The zero-order chi connectivity index (χ0) is 11.3. The van der Waals surface area contributed by atoms with E-state index in [-0.39, 0.29) is 5.82 Å². The molecule has 0 saturated carbocycles. The Labute approximate surface area is 97.6 Å². The molecular formula is C8H12BrN3O2S. The molecule has 1 aromatic heterocycles. The van der Waals surface area contributed by atoms with Crippen LogP contribution in [0.5, 0.6) is 0 Å². The van der Waals surface area contributed by atoms with Gasteiger partial charge in [-0.2, -0.15) is 13.1 Å². The average Bonchev–Trinajstić information content (AvgIpc) is 2.18. The third-order valence-corrected chi connectivity index (χ3v) is 3.22. The van der Waals surface area contributed by atoms with Crippen molar-refractivity contribution in [3.63, 3.8) is 0 Å². The summed E-state index contributed by atoms with van der Waals surface area (Å²) in [7, 11) is -3.51. The first-order valence-electron chi connectivity index (χ1n) is 4.43. The third kappa shape index (κ3) is 4.15. The minimum Gasteiger partial charge on any atom is -0.254 e. The van der Waals surface area contributed by atoms with E-state index in [0.717, 1.165) is 6.42 Å². The van der Waals surface area contributed by atoms with Crippen LogP contribution in [-0.4, -0.2) is 19.9 Å². The summed E-state index contributed by atoms with van der Waals surface area (Å²) in [5, 5.41) is 0. The van der Waals surface area contributed by atoms with E-state index in [9.17, 15) is 8.42 Å². The van der Waals surface area contributed by atoms with Gasteiger partial charge in [-0.15, -0.1) is 0 Å². The van der Waals surface area contributed by atoms with Crippen molar-refractivity contribution in [3.05, 3.63) is 22.8 Å². The van der Waals surface area contributed by atoms with Gasteiger partial charge in [-0.1, -0.05) is 6.92 Å². The van der Waals surface area contributed by atoms with Gasteiger partial charge in [0.25, 0.3) is 10.2 Å². The first-order valence-corrected chi connectivity index (χ1v) is 6.70. The van der Waals surface area contributed by atoms with Crippen molar-refractivity contribution < 1.29 is 8.42 Å². The van der Waals surface area contributed by atoms with Crippen molar-refractivity contribution in [2.45, 2.75) is 13.3 Å². The normalized spacial score (nSPS) is 11.3. The molecule has 0 amide bonds. The van der Waals surface area contributed by atoms with Gasteiger partial charge in [-0.05, 0) is 34.5 Å². The highest BCUT2D eigenvalue weighted by Gasteiger charge is 2.10. The van der Waals surface area contributed by atoms with Crippen molar-refractivity contribution in [2.75, 3.05) is 11.3 Å². The van der Waals surface area contributed by atoms with Crippen LogP contribution in [0, 0.1) is 0 Å². The lowest BCUT2D eigenvalue weighted by Crippen LogP contribution is -2.31. The topological polar surface area (TPSA) is 71.1 Å². The van der Waals surface area contributed by atoms with Gasteiger partial charge in [0.15, 0.2) is 5.82 Å². The molecule has 0 aromatic carbocycles. The van der Waals surface area contributed by atoms with E-state index in [0.29, 0.717) is 11.0 Å². The maximum absolute atomic E-state index is 11.4. The molecule has 5 nitrogen and oxygen atoms in total. The second-order valence-corrected chi connectivity index (χ2v) is 5.19. The van der Waals surface area contributed by atoms with Gasteiger partial charge < -0.3 is 0 Å². The Kier molecular flexibility index (Phi) is 4.49. The second kappa shape index (κ2) is 5.43. The van der Waals surface area contributed by atoms with Gasteiger partial charge in [-0.25, -0.2) is 4.98 Å². The maximum Gasteiger partial charge on any atom is 0.300 e. The van der Waals surface area contributed by atoms with Crippen molar-refractivity contribution >= 4 is 32.0 Å². The lowest BCUT2D eigenvalue weighted by Gasteiger charge is -2.08. The Balaban J connectivity index is 2.74. The monoisotopic (exact) mass is 293 g/mol. The fraction of sp³-hybridized carbons (Fsp3) is 0.375. The van der Waals surface area contributed by atoms with E-state index in [1.54, 1.807) is 12.1 Å². The number of aromatic nitrogens is 1. The van der Waals surface area contributed by atoms with Crippen LogP contribution < -0.4 is 9.44 Å². The fourth-order valence-electron chi connectivity index (χ4n) is 0.861. The van der Waals surface area contributed by atoms with E-state index in [4.69, 9.17) is 0 Å². The van der Waals surface area contributed by atoms with Gasteiger partial charge in [-0.3, -0.25) is 4.72 Å². The van der Waals surface area contributed by atoms with Crippen molar-refractivity contribution in [1.29, 1.82) is 0 Å². The second-order valence-electron chi connectivity index (χ2n) is 2.83. The van der Waals surface area contributed by atoms with E-state index in [2.05, 4.69) is 30.4 Å². The van der Waals surface area contributed by atoms with Crippen LogP contribution in [0.2, 0.25) is 0 Å². The molecule has 0 atom stereocenters. The highest BCUT2D eigenvalue weighted by molar-refractivity contribution is 9.10. The summed E-state index contributed by atoms with van der Waals surface area (Å²) in [6.07, 6.45) is 2.26. The summed E-state index contributed by atoms with van der Waals surface area (Å²) in [5.41, 5.74) is 0. The summed E-state index contributed by atoms with van der Waals surface area (Å²) in [6, 6.07) is 3.42. The van der Waals surface area contributed by atoms with Crippen molar-refractivity contribution in [2.24, 2.45) is 0 Å². The summed E-state index contributed by atoms with van der Waals surface area (Å²) in [4.78, 5) is 3.89. The SMILES string of the molecule is CCCNS(=O)(=O)Nc1ncccc1Br. The molecule has 0 aliphatic rings. The van der Waals surface area contributed by atoms with E-state index < -0.39 is 10.2 Å². The molecular weight excluding hydrogens is 282 g/mol. The van der Waals surface area contributed by atoms with Crippen LogP contribution in [0.15, 0.2) is 22.8 Å². The highest BCUT2D eigenvalue weighted by atomic mass is 79.9. The van der Waals surface area contributed by atoms with Crippen LogP contribution in [0.4, 0.5) is 5.82 Å². The number of hydrogen-bond acceptors (Lipinski definition) is 3. The average molecular weight is 294 g/mol. The molecule has 0 unspecified atom stereocenters. The van der Waals surface area contributed by atoms with Crippen LogP contribution in [0.25, 0.3) is 0 Å². The number of hydrogen-bond donors (Lipinski definition) is 2. The Morgan fingerprint density at radius 2 is 2.27 bits per heavy atom. The third-order valence-electron chi connectivity index (χ3n) is 1.53. The van der Waals surface area contributed by atoms with Gasteiger partial charge in [0.1, 0.15) is 0 Å². The number of anilines is 1. The molecule has 1 heterocycles. The molecule has 2 N–H and O–H groups in total. The largest absolute Gasteiger partial charge is 0.300 e. The Hall–Kier alpha value is -0.660. The Bertz CT molecular complexity index is 422. The zero-order valence-electron chi connectivity index (χ0n) is 8.20. The minimum atomic E-state index is -3.51. The quantitative estimate of drug-likeness (QED) is 0.864. The molecule has 0 spiro atoms. The van der Waals surface area contributed by atoms with Crippen LogP contribution in [0.3, 0.4) is 0 Å². The number of pyridine rings is 1. The molecule has 0 aliphatic heterocycles. The number of halogens is 1. The molecule has 15 heavy (non-hydrogen) atoms. The van der Waals surface area contributed by atoms with Gasteiger partial charge in [0, 0.05) is 12.7 Å². The first kappa shape index (κ1) is 12.4. The van der Waals surface area contributed by atoms with Crippen LogP contribution >= 0.6 is 15.9 Å². The lowest BCUT2D eigenvalue weighted by atomic mass is 10.5. The summed E-state index contributed by atoms with van der Waals surface area (Å²) < 4.78 is 28.2. The number of rotatable bonds is 5. The molecule has 84 valence electrons. The molecule has 0 aliphatic carbocycles. The zero-order valence-corrected chi connectivity index (χ0v) is 10.6. The smallest absolute Gasteiger partial charge is 0.254 e. The summed E-state index contributed by atoms with van der Waals surface area (Å²) >= 11 is 3.20. The predicted molar refractivity (Wildman–Crippen MR) is 62.8 cm³/mol. The fourth-order valence-corrected chi connectivity index (χ4v) is 2.31. The van der Waals surface area contributed by atoms with Crippen molar-refractivity contribution in [3.8, 4) is 0 Å². The Morgan fingerprint density at radius 3 is 2.87 bits per heavy atom. The van der Waals surface area contributed by atoms with Gasteiger partial charge in [0.2, 0.25) is 0 Å². The van der Waals surface area contributed by atoms with E-state index >= 15 is 0 Å². The predicted octanol–water partition coefficient (Wildman–Crippen LogP) is 1.50. The number of nitrogens with one attached hydrogen (secondary N) is 2. The van der Waals surface area contributed by atoms with E-state index in [1.165, 1.54) is 6.20 Å². The molecule has 0 radical (unpaired) electrons. The van der Waals surface area contributed by atoms with Gasteiger partial charge >= 0.3 is 0 Å². The standard InChI is InChI=1S/C8H12BrN3O2S/c1-2-5-11-15(13,14)12-8-7(9)4-3-6-10-8/h3-4,6,11H,2,5H2,1H3,(H,10,12). The molecule has 7 heteroatoms. The van der Waals surface area contributed by atoms with Crippen LogP contribution in [-0.2, 0) is 10.2 Å². The molecule has 0 saturated heterocycles. The minimum absolute atomic E-state index is 0.279. The molecule has 1 aromatic rings. The van der Waals surface area contributed by atoms with Crippen molar-refractivity contribution in [1.82, 2.24) is 9.71 Å². The van der Waals surface area contributed by atoms with Gasteiger partial charge in [0.05, 0.1) is 4.47 Å². The highest BCUT2D eigenvalue weighted by Crippen LogP contribution is 2.18. The number of nitrogens with zero attached hydrogens (tertiary/aromatic N) is 1. The lowest BCUT2D eigenvalue weighted by molar-refractivity contribution is 0.586. The Morgan fingerprint density at radius 1 is 1.53 bits per heavy atom.